The van der Waals surface area contributed by atoms with Gasteiger partial charge in [0.05, 0.1) is 11.6 Å². The summed E-state index contributed by atoms with van der Waals surface area (Å²) in [6, 6.07) is 8.12. The van der Waals surface area contributed by atoms with Crippen LogP contribution in [0.1, 0.15) is 41.8 Å². The third-order valence-electron chi connectivity index (χ3n) is 3.29. The molecule has 0 aliphatic rings. The lowest BCUT2D eigenvalue weighted by Crippen LogP contribution is -2.16. The van der Waals surface area contributed by atoms with E-state index in [1.165, 1.54) is 15.4 Å². The van der Waals surface area contributed by atoms with Crippen molar-refractivity contribution in [2.24, 2.45) is 0 Å². The van der Waals surface area contributed by atoms with Crippen molar-refractivity contribution in [1.82, 2.24) is 10.3 Å². The minimum atomic E-state index is 0.111. The second-order valence-corrected chi connectivity index (χ2v) is 7.40. The topological polar surface area (TPSA) is 45.2 Å². The molecule has 2 rings (SSSR count). The summed E-state index contributed by atoms with van der Waals surface area (Å²) in [7, 11) is 0. The molecule has 0 aliphatic heterocycles. The Balaban J connectivity index is 1.75. The van der Waals surface area contributed by atoms with Crippen LogP contribution in [0.5, 0.6) is 0 Å². The van der Waals surface area contributed by atoms with E-state index < -0.39 is 0 Å². The molecule has 114 valence electrons. The van der Waals surface area contributed by atoms with Crippen molar-refractivity contribution in [3.8, 4) is 0 Å². The fraction of sp³-hybridized carbons (Fsp3) is 0.471. The van der Waals surface area contributed by atoms with Gasteiger partial charge in [0, 0.05) is 23.0 Å². The van der Waals surface area contributed by atoms with Crippen LogP contribution in [-0.2, 0) is 25.0 Å². The lowest BCUT2D eigenvalue weighted by molar-refractivity contribution is 0.282. The molecule has 0 aliphatic carbocycles. The summed E-state index contributed by atoms with van der Waals surface area (Å²) in [4.78, 5) is 5.79. The quantitative estimate of drug-likeness (QED) is 0.805. The highest BCUT2D eigenvalue weighted by Crippen LogP contribution is 2.26. The van der Waals surface area contributed by atoms with Gasteiger partial charge in [-0.3, -0.25) is 0 Å². The Bertz CT molecular complexity index is 555. The van der Waals surface area contributed by atoms with E-state index in [2.05, 4.69) is 43.2 Å². The number of hydrogen-bond acceptors (Lipinski definition) is 4. The van der Waals surface area contributed by atoms with Gasteiger partial charge in [0.1, 0.15) is 0 Å². The molecule has 1 heterocycles. The minimum Gasteiger partial charge on any atom is -0.392 e. The highest BCUT2D eigenvalue weighted by molar-refractivity contribution is 7.11. The van der Waals surface area contributed by atoms with Crippen molar-refractivity contribution >= 4 is 11.3 Å². The molecule has 0 unspecified atom stereocenters. The van der Waals surface area contributed by atoms with Crippen molar-refractivity contribution in [2.75, 3.05) is 6.54 Å². The summed E-state index contributed by atoms with van der Waals surface area (Å²) >= 11 is 1.79. The molecule has 1 aromatic heterocycles. The molecule has 0 saturated carbocycles. The van der Waals surface area contributed by atoms with Crippen LogP contribution in [0, 0.1) is 0 Å². The largest absolute Gasteiger partial charge is 0.392 e. The average Bonchev–Trinajstić information content (AvgIpc) is 2.93. The van der Waals surface area contributed by atoms with Crippen molar-refractivity contribution in [2.45, 2.75) is 45.8 Å². The van der Waals surface area contributed by atoms with E-state index in [0.29, 0.717) is 0 Å². The lowest BCUT2D eigenvalue weighted by atomic mass is 9.98. The summed E-state index contributed by atoms with van der Waals surface area (Å²) in [6.45, 7) is 8.51. The number of nitrogens with zero attached hydrogens (tertiary/aromatic N) is 1. The van der Waals surface area contributed by atoms with Crippen LogP contribution in [0.3, 0.4) is 0 Å². The molecule has 0 fully saturated rings. The zero-order chi connectivity index (χ0) is 15.3. The number of aliphatic hydroxyl groups excluding tert-OH is 1. The Labute approximate surface area is 131 Å². The summed E-state index contributed by atoms with van der Waals surface area (Å²) in [5, 5.41) is 13.7. The fourth-order valence-corrected chi connectivity index (χ4v) is 2.93. The minimum absolute atomic E-state index is 0.111. The number of rotatable bonds is 6. The first-order valence-electron chi connectivity index (χ1n) is 7.33. The van der Waals surface area contributed by atoms with Crippen LogP contribution in [0.4, 0.5) is 0 Å². The molecule has 2 N–H and O–H groups in total. The van der Waals surface area contributed by atoms with Gasteiger partial charge in [0.25, 0.3) is 0 Å². The Hall–Kier alpha value is -1.23. The molecule has 0 bridgehead atoms. The van der Waals surface area contributed by atoms with Gasteiger partial charge in [-0.15, -0.1) is 11.3 Å². The van der Waals surface area contributed by atoms with Gasteiger partial charge in [0.15, 0.2) is 0 Å². The van der Waals surface area contributed by atoms with Crippen molar-refractivity contribution in [3.63, 3.8) is 0 Å². The SMILES string of the molecule is CC(C)(C)c1ncc(CNCCc2ccc(CO)cc2)s1. The maximum atomic E-state index is 9.01. The molecule has 0 spiro atoms. The Kier molecular flexibility index (Phi) is 5.51. The monoisotopic (exact) mass is 304 g/mol. The first-order chi connectivity index (χ1) is 9.99. The van der Waals surface area contributed by atoms with Gasteiger partial charge in [0.2, 0.25) is 0 Å². The van der Waals surface area contributed by atoms with Gasteiger partial charge in [-0.2, -0.15) is 0 Å². The first-order valence-corrected chi connectivity index (χ1v) is 8.15. The maximum absolute atomic E-state index is 9.01. The van der Waals surface area contributed by atoms with Gasteiger partial charge in [-0.25, -0.2) is 4.98 Å². The van der Waals surface area contributed by atoms with Crippen LogP contribution in [0.25, 0.3) is 0 Å². The zero-order valence-electron chi connectivity index (χ0n) is 13.0. The normalized spacial score (nSPS) is 11.8. The summed E-state index contributed by atoms with van der Waals surface area (Å²) in [5.41, 5.74) is 2.39. The molecular formula is C17H24N2OS. The van der Waals surface area contributed by atoms with Crippen LogP contribution >= 0.6 is 11.3 Å². The number of benzene rings is 1. The Morgan fingerprint density at radius 3 is 2.38 bits per heavy atom. The number of thiazole rings is 1. The predicted molar refractivity (Wildman–Crippen MR) is 88.6 cm³/mol. The summed E-state index contributed by atoms with van der Waals surface area (Å²) in [6.07, 6.45) is 2.98. The van der Waals surface area contributed by atoms with E-state index in [4.69, 9.17) is 5.11 Å². The van der Waals surface area contributed by atoms with Crippen LogP contribution in [0.2, 0.25) is 0 Å². The lowest BCUT2D eigenvalue weighted by Gasteiger charge is -2.13. The van der Waals surface area contributed by atoms with E-state index in [1.54, 1.807) is 11.3 Å². The Morgan fingerprint density at radius 2 is 1.81 bits per heavy atom. The highest BCUT2D eigenvalue weighted by atomic mass is 32.1. The van der Waals surface area contributed by atoms with Gasteiger partial charge >= 0.3 is 0 Å². The van der Waals surface area contributed by atoms with Gasteiger partial charge in [-0.05, 0) is 24.1 Å². The average molecular weight is 304 g/mol. The maximum Gasteiger partial charge on any atom is 0.0981 e. The van der Waals surface area contributed by atoms with E-state index in [9.17, 15) is 0 Å². The molecule has 2 aromatic rings. The molecule has 0 saturated heterocycles. The summed E-state index contributed by atoms with van der Waals surface area (Å²) < 4.78 is 0. The number of nitrogens with one attached hydrogen (secondary N) is 1. The van der Waals surface area contributed by atoms with E-state index in [1.807, 2.05) is 18.3 Å². The fourth-order valence-electron chi connectivity index (χ4n) is 1.99. The van der Waals surface area contributed by atoms with Gasteiger partial charge in [-0.1, -0.05) is 45.0 Å². The third-order valence-corrected chi connectivity index (χ3v) is 4.71. The first kappa shape index (κ1) is 16.1. The standard InChI is InChI=1S/C17H24N2OS/c1-17(2,3)16-19-11-15(21-16)10-18-9-8-13-4-6-14(12-20)7-5-13/h4-7,11,18,20H,8-10,12H2,1-3H3. The van der Waals surface area contributed by atoms with Gasteiger partial charge < -0.3 is 10.4 Å². The van der Waals surface area contributed by atoms with Crippen LogP contribution < -0.4 is 5.32 Å². The second kappa shape index (κ2) is 7.16. The molecule has 4 heteroatoms. The predicted octanol–water partition coefficient (Wildman–Crippen LogP) is 3.27. The molecule has 1 aromatic carbocycles. The molecule has 0 atom stereocenters. The smallest absolute Gasteiger partial charge is 0.0981 e. The molecule has 21 heavy (non-hydrogen) atoms. The zero-order valence-corrected chi connectivity index (χ0v) is 13.8. The summed E-state index contributed by atoms with van der Waals surface area (Å²) in [5.74, 6) is 0. The van der Waals surface area contributed by atoms with E-state index in [0.717, 1.165) is 25.1 Å². The third kappa shape index (κ3) is 4.92. The van der Waals surface area contributed by atoms with Crippen molar-refractivity contribution in [1.29, 1.82) is 0 Å². The number of aliphatic hydroxyl groups is 1. The van der Waals surface area contributed by atoms with Crippen molar-refractivity contribution < 1.29 is 5.11 Å². The Morgan fingerprint density at radius 1 is 1.14 bits per heavy atom. The number of hydrogen-bond donors (Lipinski definition) is 2. The van der Waals surface area contributed by atoms with E-state index in [-0.39, 0.29) is 12.0 Å². The molecule has 3 nitrogen and oxygen atoms in total. The van der Waals surface area contributed by atoms with Crippen LogP contribution in [0.15, 0.2) is 30.5 Å². The molecule has 0 amide bonds. The van der Waals surface area contributed by atoms with Crippen molar-refractivity contribution in [3.05, 3.63) is 51.5 Å². The van der Waals surface area contributed by atoms with Crippen LogP contribution in [-0.4, -0.2) is 16.6 Å². The molecule has 0 radical (unpaired) electrons. The van der Waals surface area contributed by atoms with E-state index >= 15 is 0 Å². The second-order valence-electron chi connectivity index (χ2n) is 6.28. The number of aromatic nitrogens is 1. The highest BCUT2D eigenvalue weighted by Gasteiger charge is 2.17. The molecular weight excluding hydrogens is 280 g/mol.